The van der Waals surface area contributed by atoms with E-state index in [1.807, 2.05) is 19.9 Å². The van der Waals surface area contributed by atoms with E-state index in [1.165, 1.54) is 6.07 Å². The standard InChI is InChI=1S/C16H27FN2O/c1-12(2)18-11-14-15(17)7-5-8-16(14)19(13(3)4)9-6-10-20/h5,7-8,12-13,18,20H,6,9-11H2,1-4H3. The maximum Gasteiger partial charge on any atom is 0.129 e. The fraction of sp³-hybridized carbons (Fsp3) is 0.625. The molecule has 0 aromatic heterocycles. The van der Waals surface area contributed by atoms with Crippen LogP contribution < -0.4 is 10.2 Å². The summed E-state index contributed by atoms with van der Waals surface area (Å²) in [4.78, 5) is 2.15. The van der Waals surface area contributed by atoms with Crippen molar-refractivity contribution in [2.24, 2.45) is 0 Å². The van der Waals surface area contributed by atoms with Gasteiger partial charge >= 0.3 is 0 Å². The molecule has 0 unspecified atom stereocenters. The van der Waals surface area contributed by atoms with Gasteiger partial charge in [-0.25, -0.2) is 4.39 Å². The van der Waals surface area contributed by atoms with Gasteiger partial charge in [-0.15, -0.1) is 0 Å². The Morgan fingerprint density at radius 3 is 2.50 bits per heavy atom. The second-order valence-corrected chi connectivity index (χ2v) is 5.64. The molecule has 0 bridgehead atoms. The number of hydrogen-bond acceptors (Lipinski definition) is 3. The largest absolute Gasteiger partial charge is 0.396 e. The summed E-state index contributed by atoms with van der Waals surface area (Å²) in [6, 6.07) is 5.79. The van der Waals surface area contributed by atoms with Crippen molar-refractivity contribution in [3.63, 3.8) is 0 Å². The number of rotatable bonds is 8. The normalized spacial score (nSPS) is 11.4. The summed E-state index contributed by atoms with van der Waals surface area (Å²) in [6.45, 7) is 9.66. The number of benzene rings is 1. The van der Waals surface area contributed by atoms with Crippen molar-refractivity contribution in [2.75, 3.05) is 18.1 Å². The number of hydrogen-bond donors (Lipinski definition) is 2. The second-order valence-electron chi connectivity index (χ2n) is 5.64. The number of halogens is 1. The molecule has 1 aromatic rings. The SMILES string of the molecule is CC(C)NCc1c(F)cccc1N(CCCO)C(C)C. The molecule has 0 saturated heterocycles. The van der Waals surface area contributed by atoms with Crippen molar-refractivity contribution in [2.45, 2.75) is 52.7 Å². The quantitative estimate of drug-likeness (QED) is 0.769. The van der Waals surface area contributed by atoms with Gasteiger partial charge < -0.3 is 15.3 Å². The van der Waals surface area contributed by atoms with Crippen molar-refractivity contribution in [3.05, 3.63) is 29.6 Å². The molecule has 1 rings (SSSR count). The van der Waals surface area contributed by atoms with Gasteiger partial charge in [0.05, 0.1) is 0 Å². The van der Waals surface area contributed by atoms with Crippen LogP contribution in [0.15, 0.2) is 18.2 Å². The first-order valence-electron chi connectivity index (χ1n) is 7.35. The van der Waals surface area contributed by atoms with Gasteiger partial charge in [-0.3, -0.25) is 0 Å². The zero-order valence-electron chi connectivity index (χ0n) is 13.0. The molecule has 3 nitrogen and oxygen atoms in total. The highest BCUT2D eigenvalue weighted by atomic mass is 19.1. The van der Waals surface area contributed by atoms with Crippen LogP contribution >= 0.6 is 0 Å². The van der Waals surface area contributed by atoms with E-state index in [0.717, 1.165) is 12.2 Å². The lowest BCUT2D eigenvalue weighted by atomic mass is 10.1. The van der Waals surface area contributed by atoms with Crippen LogP contribution in [0.5, 0.6) is 0 Å². The molecule has 114 valence electrons. The number of aliphatic hydroxyl groups excluding tert-OH is 1. The van der Waals surface area contributed by atoms with Gasteiger partial charge in [-0.05, 0) is 32.4 Å². The Balaban J connectivity index is 3.03. The lowest BCUT2D eigenvalue weighted by Gasteiger charge is -2.31. The minimum atomic E-state index is -0.176. The van der Waals surface area contributed by atoms with Gasteiger partial charge in [0.15, 0.2) is 0 Å². The molecule has 0 aliphatic carbocycles. The van der Waals surface area contributed by atoms with Crippen LogP contribution in [-0.4, -0.2) is 30.3 Å². The average Bonchev–Trinajstić information content (AvgIpc) is 2.37. The van der Waals surface area contributed by atoms with Crippen LogP contribution in [-0.2, 0) is 6.54 Å². The van der Waals surface area contributed by atoms with Crippen molar-refractivity contribution >= 4 is 5.69 Å². The third-order valence-electron chi connectivity index (χ3n) is 3.27. The molecule has 0 aliphatic rings. The summed E-state index contributed by atoms with van der Waals surface area (Å²) in [5.41, 5.74) is 1.62. The van der Waals surface area contributed by atoms with E-state index < -0.39 is 0 Å². The molecule has 0 fully saturated rings. The van der Waals surface area contributed by atoms with Crippen LogP contribution in [0.3, 0.4) is 0 Å². The van der Waals surface area contributed by atoms with E-state index in [1.54, 1.807) is 6.07 Å². The van der Waals surface area contributed by atoms with Crippen LogP contribution in [0.25, 0.3) is 0 Å². The molecule has 20 heavy (non-hydrogen) atoms. The molecular weight excluding hydrogens is 255 g/mol. The molecule has 0 spiro atoms. The summed E-state index contributed by atoms with van der Waals surface area (Å²) in [5.74, 6) is -0.176. The number of nitrogens with zero attached hydrogens (tertiary/aromatic N) is 1. The van der Waals surface area contributed by atoms with Gasteiger partial charge in [0, 0.05) is 43.0 Å². The summed E-state index contributed by atoms with van der Waals surface area (Å²) in [6.07, 6.45) is 0.686. The Morgan fingerprint density at radius 2 is 1.95 bits per heavy atom. The van der Waals surface area contributed by atoms with E-state index in [2.05, 4.69) is 24.1 Å². The zero-order valence-corrected chi connectivity index (χ0v) is 13.0. The summed E-state index contributed by atoms with van der Waals surface area (Å²) < 4.78 is 14.1. The zero-order chi connectivity index (χ0) is 15.1. The minimum absolute atomic E-state index is 0.151. The topological polar surface area (TPSA) is 35.5 Å². The van der Waals surface area contributed by atoms with Gasteiger partial charge in [0.25, 0.3) is 0 Å². The van der Waals surface area contributed by atoms with Crippen molar-refractivity contribution < 1.29 is 9.50 Å². The highest BCUT2D eigenvalue weighted by Crippen LogP contribution is 2.25. The number of anilines is 1. The molecule has 0 aliphatic heterocycles. The van der Waals surface area contributed by atoms with Crippen LogP contribution in [0.1, 0.15) is 39.7 Å². The van der Waals surface area contributed by atoms with E-state index >= 15 is 0 Å². The predicted octanol–water partition coefficient (Wildman–Crippen LogP) is 2.92. The van der Waals surface area contributed by atoms with Gasteiger partial charge in [-0.2, -0.15) is 0 Å². The lowest BCUT2D eigenvalue weighted by molar-refractivity contribution is 0.288. The van der Waals surface area contributed by atoms with Crippen molar-refractivity contribution in [1.82, 2.24) is 5.32 Å². The third-order valence-corrected chi connectivity index (χ3v) is 3.27. The Bertz CT molecular complexity index is 407. The third kappa shape index (κ3) is 4.76. The fourth-order valence-electron chi connectivity index (χ4n) is 2.20. The second kappa shape index (κ2) is 8.22. The maximum atomic E-state index is 14.1. The highest BCUT2D eigenvalue weighted by Gasteiger charge is 2.17. The molecule has 0 amide bonds. The Kier molecular flexibility index (Phi) is 6.96. The van der Waals surface area contributed by atoms with Gasteiger partial charge in [0.2, 0.25) is 0 Å². The van der Waals surface area contributed by atoms with Crippen molar-refractivity contribution in [3.8, 4) is 0 Å². The number of nitrogens with one attached hydrogen (secondary N) is 1. The van der Waals surface area contributed by atoms with E-state index in [4.69, 9.17) is 5.11 Å². The van der Waals surface area contributed by atoms with Gasteiger partial charge in [0.1, 0.15) is 5.82 Å². The molecule has 0 heterocycles. The molecule has 0 saturated carbocycles. The summed E-state index contributed by atoms with van der Waals surface area (Å²) in [7, 11) is 0. The van der Waals surface area contributed by atoms with Crippen LogP contribution in [0.4, 0.5) is 10.1 Å². The average molecular weight is 282 g/mol. The minimum Gasteiger partial charge on any atom is -0.396 e. The Hall–Kier alpha value is -1.13. The lowest BCUT2D eigenvalue weighted by Crippen LogP contribution is -2.34. The summed E-state index contributed by atoms with van der Waals surface area (Å²) >= 11 is 0. The van der Waals surface area contributed by atoms with E-state index in [9.17, 15) is 4.39 Å². The molecular formula is C16H27FN2O. The molecule has 1 aromatic carbocycles. The maximum absolute atomic E-state index is 14.1. The van der Waals surface area contributed by atoms with Crippen LogP contribution in [0, 0.1) is 5.82 Å². The molecule has 0 radical (unpaired) electrons. The predicted molar refractivity (Wildman–Crippen MR) is 82.6 cm³/mol. The highest BCUT2D eigenvalue weighted by molar-refractivity contribution is 5.55. The Labute approximate surface area is 121 Å². The van der Waals surface area contributed by atoms with Crippen LogP contribution in [0.2, 0.25) is 0 Å². The summed E-state index contributed by atoms with van der Waals surface area (Å²) in [5, 5.41) is 12.3. The first-order valence-corrected chi connectivity index (χ1v) is 7.35. The number of aliphatic hydroxyl groups is 1. The molecule has 2 N–H and O–H groups in total. The molecule has 0 atom stereocenters. The molecule has 4 heteroatoms. The first kappa shape index (κ1) is 16.9. The fourth-order valence-corrected chi connectivity index (χ4v) is 2.20. The Morgan fingerprint density at radius 1 is 1.25 bits per heavy atom. The monoisotopic (exact) mass is 282 g/mol. The van der Waals surface area contributed by atoms with Gasteiger partial charge in [-0.1, -0.05) is 19.9 Å². The smallest absolute Gasteiger partial charge is 0.129 e. The van der Waals surface area contributed by atoms with Crippen molar-refractivity contribution in [1.29, 1.82) is 0 Å². The first-order chi connectivity index (χ1) is 9.47. The van der Waals surface area contributed by atoms with E-state index in [-0.39, 0.29) is 18.5 Å². The van der Waals surface area contributed by atoms with E-state index in [0.29, 0.717) is 24.6 Å².